The van der Waals surface area contributed by atoms with Gasteiger partial charge in [0.15, 0.2) is 0 Å². The van der Waals surface area contributed by atoms with Crippen LogP contribution in [0.25, 0.3) is 0 Å². The number of hydrogen-bond acceptors (Lipinski definition) is 4. The first-order chi connectivity index (χ1) is 10.4. The van der Waals surface area contributed by atoms with Gasteiger partial charge in [-0.25, -0.2) is 5.14 Å². The first-order valence-electron chi connectivity index (χ1n) is 8.10. The Morgan fingerprint density at radius 2 is 1.95 bits per heavy atom. The Morgan fingerprint density at radius 3 is 2.64 bits per heavy atom. The quantitative estimate of drug-likeness (QED) is 0.726. The van der Waals surface area contributed by atoms with Crippen LogP contribution in [0, 0.1) is 11.8 Å². The number of nitrogens with one attached hydrogen (secondary N) is 1. The molecule has 2 atom stereocenters. The Morgan fingerprint density at radius 1 is 1.23 bits per heavy atom. The van der Waals surface area contributed by atoms with Crippen LogP contribution >= 0.6 is 0 Å². The summed E-state index contributed by atoms with van der Waals surface area (Å²) in [7, 11) is -1.55. The molecular formula is C14H28N4O3S. The van der Waals surface area contributed by atoms with Gasteiger partial charge in [0.2, 0.25) is 5.91 Å². The molecule has 22 heavy (non-hydrogen) atoms. The van der Waals surface area contributed by atoms with Crippen molar-refractivity contribution in [2.45, 2.75) is 32.1 Å². The summed E-state index contributed by atoms with van der Waals surface area (Å²) in [6, 6.07) is 0. The van der Waals surface area contributed by atoms with Crippen LogP contribution < -0.4 is 10.5 Å². The molecule has 8 heteroatoms. The molecule has 2 aliphatic rings. The zero-order valence-electron chi connectivity index (χ0n) is 13.3. The van der Waals surface area contributed by atoms with Gasteiger partial charge < -0.3 is 10.2 Å². The van der Waals surface area contributed by atoms with Crippen molar-refractivity contribution in [1.82, 2.24) is 14.5 Å². The maximum absolute atomic E-state index is 12.2. The van der Waals surface area contributed by atoms with Gasteiger partial charge in [0.1, 0.15) is 0 Å². The molecule has 0 aromatic rings. The second-order valence-corrected chi connectivity index (χ2v) is 8.14. The number of carbonyl (C=O) groups excluding carboxylic acids is 1. The van der Waals surface area contributed by atoms with Crippen molar-refractivity contribution in [2.24, 2.45) is 17.0 Å². The van der Waals surface area contributed by atoms with Crippen LogP contribution in [0.15, 0.2) is 0 Å². The smallest absolute Gasteiger partial charge is 0.276 e. The number of nitrogens with two attached hydrogens (primary N) is 1. The van der Waals surface area contributed by atoms with E-state index in [1.54, 1.807) is 0 Å². The van der Waals surface area contributed by atoms with Crippen molar-refractivity contribution in [3.8, 4) is 0 Å². The molecular weight excluding hydrogens is 304 g/mol. The van der Waals surface area contributed by atoms with Gasteiger partial charge in [-0.1, -0.05) is 0 Å². The Kier molecular flexibility index (Phi) is 6.19. The van der Waals surface area contributed by atoms with Gasteiger partial charge >= 0.3 is 0 Å². The fourth-order valence-electron chi connectivity index (χ4n) is 3.44. The predicted molar refractivity (Wildman–Crippen MR) is 85.3 cm³/mol. The van der Waals surface area contributed by atoms with Gasteiger partial charge in [0, 0.05) is 26.2 Å². The second kappa shape index (κ2) is 7.72. The first-order valence-corrected chi connectivity index (χ1v) is 9.60. The van der Waals surface area contributed by atoms with E-state index in [-0.39, 0.29) is 18.4 Å². The molecule has 2 saturated heterocycles. The van der Waals surface area contributed by atoms with E-state index in [1.807, 2.05) is 0 Å². The molecule has 3 N–H and O–H groups in total. The molecule has 2 fully saturated rings. The van der Waals surface area contributed by atoms with E-state index in [2.05, 4.69) is 17.3 Å². The van der Waals surface area contributed by atoms with Crippen molar-refractivity contribution in [3.05, 3.63) is 0 Å². The fraction of sp³-hybridized carbons (Fsp3) is 0.929. The SMILES string of the molecule is CN1CCCC(CCNC(=O)C2CCCN(S(N)(=O)=O)C2)C1. The van der Waals surface area contributed by atoms with E-state index in [0.29, 0.717) is 25.4 Å². The van der Waals surface area contributed by atoms with Crippen molar-refractivity contribution in [1.29, 1.82) is 0 Å². The van der Waals surface area contributed by atoms with Crippen LogP contribution in [0.3, 0.4) is 0 Å². The highest BCUT2D eigenvalue weighted by atomic mass is 32.2. The van der Waals surface area contributed by atoms with Crippen molar-refractivity contribution in [2.75, 3.05) is 39.8 Å². The highest BCUT2D eigenvalue weighted by Gasteiger charge is 2.30. The van der Waals surface area contributed by atoms with E-state index in [4.69, 9.17) is 5.14 Å². The molecule has 0 aromatic carbocycles. The summed E-state index contributed by atoms with van der Waals surface area (Å²) >= 11 is 0. The lowest BCUT2D eigenvalue weighted by Gasteiger charge is -2.31. The summed E-state index contributed by atoms with van der Waals surface area (Å²) < 4.78 is 24.0. The molecule has 0 aliphatic carbocycles. The van der Waals surface area contributed by atoms with Crippen molar-refractivity contribution in [3.63, 3.8) is 0 Å². The third-order valence-electron chi connectivity index (χ3n) is 4.69. The summed E-state index contributed by atoms with van der Waals surface area (Å²) in [4.78, 5) is 14.5. The summed E-state index contributed by atoms with van der Waals surface area (Å²) in [5.41, 5.74) is 0. The number of hydrogen-bond donors (Lipinski definition) is 2. The van der Waals surface area contributed by atoms with Crippen LogP contribution in [0.1, 0.15) is 32.1 Å². The molecule has 0 bridgehead atoms. The zero-order chi connectivity index (χ0) is 16.2. The normalized spacial score (nSPS) is 28.5. The summed E-state index contributed by atoms with van der Waals surface area (Å²) in [5.74, 6) is 0.324. The molecule has 128 valence electrons. The molecule has 0 spiro atoms. The Bertz CT molecular complexity index is 482. The van der Waals surface area contributed by atoms with Gasteiger partial charge in [-0.15, -0.1) is 0 Å². The van der Waals surface area contributed by atoms with Gasteiger partial charge in [-0.05, 0) is 51.6 Å². The van der Waals surface area contributed by atoms with Crippen LogP contribution in [-0.4, -0.2) is 63.3 Å². The average Bonchev–Trinajstić information content (AvgIpc) is 2.46. The van der Waals surface area contributed by atoms with Gasteiger partial charge in [-0.2, -0.15) is 12.7 Å². The molecule has 0 radical (unpaired) electrons. The van der Waals surface area contributed by atoms with E-state index >= 15 is 0 Å². The first kappa shape index (κ1) is 17.7. The molecule has 2 aliphatic heterocycles. The molecule has 0 saturated carbocycles. The standard InChI is InChI=1S/C14H28N4O3S/c1-17-8-2-4-12(10-17)6-7-16-14(19)13-5-3-9-18(11-13)22(15,20)21/h12-13H,2-11H2,1H3,(H,16,19)(H2,15,20,21). The Balaban J connectivity index is 1.72. The number of piperidine rings is 2. The Hall–Kier alpha value is -0.700. The van der Waals surface area contributed by atoms with Crippen LogP contribution in [0.2, 0.25) is 0 Å². The van der Waals surface area contributed by atoms with Gasteiger partial charge in [0.05, 0.1) is 5.92 Å². The lowest BCUT2D eigenvalue weighted by molar-refractivity contribution is -0.126. The van der Waals surface area contributed by atoms with Crippen LogP contribution in [0.5, 0.6) is 0 Å². The third-order valence-corrected chi connectivity index (χ3v) is 5.74. The zero-order valence-corrected chi connectivity index (χ0v) is 14.1. The summed E-state index contributed by atoms with van der Waals surface area (Å²) in [5, 5.41) is 8.11. The Labute approximate surface area is 133 Å². The minimum atomic E-state index is -3.69. The van der Waals surface area contributed by atoms with E-state index < -0.39 is 10.2 Å². The maximum Gasteiger partial charge on any atom is 0.276 e. The molecule has 2 unspecified atom stereocenters. The summed E-state index contributed by atoms with van der Waals surface area (Å²) in [6.45, 7) is 3.55. The maximum atomic E-state index is 12.2. The highest BCUT2D eigenvalue weighted by molar-refractivity contribution is 7.86. The lowest BCUT2D eigenvalue weighted by atomic mass is 9.94. The molecule has 2 heterocycles. The van der Waals surface area contributed by atoms with Crippen LogP contribution in [0.4, 0.5) is 0 Å². The van der Waals surface area contributed by atoms with Crippen LogP contribution in [-0.2, 0) is 15.0 Å². The minimum absolute atomic E-state index is 0.0440. The van der Waals surface area contributed by atoms with E-state index in [9.17, 15) is 13.2 Å². The number of amides is 1. The van der Waals surface area contributed by atoms with E-state index in [0.717, 1.165) is 25.9 Å². The number of rotatable bonds is 5. The number of likely N-dealkylation sites (tertiary alicyclic amines) is 1. The van der Waals surface area contributed by atoms with E-state index in [1.165, 1.54) is 17.1 Å². The molecule has 2 rings (SSSR count). The van der Waals surface area contributed by atoms with Gasteiger partial charge in [-0.3, -0.25) is 4.79 Å². The molecule has 0 aromatic heterocycles. The lowest BCUT2D eigenvalue weighted by Crippen LogP contribution is -2.47. The summed E-state index contributed by atoms with van der Waals surface area (Å²) in [6.07, 6.45) is 4.84. The largest absolute Gasteiger partial charge is 0.356 e. The molecule has 1 amide bonds. The monoisotopic (exact) mass is 332 g/mol. The number of carbonyl (C=O) groups is 1. The van der Waals surface area contributed by atoms with Crippen molar-refractivity contribution < 1.29 is 13.2 Å². The van der Waals surface area contributed by atoms with Crippen molar-refractivity contribution >= 4 is 16.1 Å². The average molecular weight is 332 g/mol. The highest BCUT2D eigenvalue weighted by Crippen LogP contribution is 2.19. The minimum Gasteiger partial charge on any atom is -0.356 e. The number of nitrogens with zero attached hydrogens (tertiary/aromatic N) is 2. The second-order valence-electron chi connectivity index (χ2n) is 6.59. The fourth-order valence-corrected chi connectivity index (χ4v) is 4.21. The topological polar surface area (TPSA) is 95.7 Å². The predicted octanol–water partition coefficient (Wildman–Crippen LogP) is -0.250. The molecule has 7 nitrogen and oxygen atoms in total. The van der Waals surface area contributed by atoms with Gasteiger partial charge in [0.25, 0.3) is 10.2 Å². The third kappa shape index (κ3) is 5.19.